The maximum absolute atomic E-state index is 12.2. The number of carbonyl (C=O) groups excluding carboxylic acids is 1. The average molecular weight is 348 g/mol. The Kier molecular flexibility index (Phi) is 4.10. The van der Waals surface area contributed by atoms with Gasteiger partial charge in [0.05, 0.1) is 11.8 Å². The lowest BCUT2D eigenvalue weighted by molar-refractivity contribution is -0.132. The van der Waals surface area contributed by atoms with Gasteiger partial charge in [0.25, 0.3) is 5.56 Å². The summed E-state index contributed by atoms with van der Waals surface area (Å²) < 4.78 is 0.934. The molecular weight excluding hydrogens is 332 g/mol. The number of hydrogen-bond acceptors (Lipinski definition) is 6. The summed E-state index contributed by atoms with van der Waals surface area (Å²) in [7, 11) is 1.35. The molecule has 3 rings (SSSR count). The molecule has 0 spiro atoms. The largest absolute Gasteiger partial charge is 0.494 e. The second-order valence-corrected chi connectivity index (χ2v) is 6.37. The van der Waals surface area contributed by atoms with E-state index in [1.54, 1.807) is 6.92 Å². The van der Waals surface area contributed by atoms with Gasteiger partial charge in [0.2, 0.25) is 11.8 Å². The summed E-state index contributed by atoms with van der Waals surface area (Å²) in [6.45, 7) is 1.73. The lowest BCUT2D eigenvalue weighted by Crippen LogP contribution is -2.32. The van der Waals surface area contributed by atoms with Gasteiger partial charge in [-0.3, -0.25) is 19.1 Å². The fraction of sp³-hybridized carbons (Fsp3) is 0.333. The number of hydrazone groups is 1. The molecule has 2 aromatic heterocycles. The zero-order chi connectivity index (χ0) is 17.4. The molecule has 1 atom stereocenters. The maximum Gasteiger partial charge on any atom is 0.330 e. The zero-order valence-electron chi connectivity index (χ0n) is 13.1. The first-order valence-electron chi connectivity index (χ1n) is 7.39. The third-order valence-corrected chi connectivity index (χ3v) is 4.90. The van der Waals surface area contributed by atoms with Crippen LogP contribution >= 0.6 is 11.3 Å². The minimum atomic E-state index is -0.718. The molecule has 0 aliphatic carbocycles. The van der Waals surface area contributed by atoms with E-state index in [0.29, 0.717) is 6.42 Å². The van der Waals surface area contributed by atoms with E-state index in [4.69, 9.17) is 0 Å². The third kappa shape index (κ3) is 2.56. The normalized spacial score (nSPS) is 17.2. The first-order chi connectivity index (χ1) is 11.4. The molecule has 2 N–H and O–H groups in total. The number of carbonyl (C=O) groups is 1. The van der Waals surface area contributed by atoms with Crippen molar-refractivity contribution >= 4 is 23.0 Å². The van der Waals surface area contributed by atoms with E-state index in [1.165, 1.54) is 23.4 Å². The molecule has 9 heteroatoms. The predicted octanol–water partition coefficient (Wildman–Crippen LogP) is 0.928. The highest BCUT2D eigenvalue weighted by atomic mass is 32.1. The fourth-order valence-electron chi connectivity index (χ4n) is 2.62. The first kappa shape index (κ1) is 16.2. The van der Waals surface area contributed by atoms with Crippen LogP contribution in [0.25, 0.3) is 0 Å². The minimum Gasteiger partial charge on any atom is -0.494 e. The van der Waals surface area contributed by atoms with Crippen molar-refractivity contribution in [3.63, 3.8) is 0 Å². The van der Waals surface area contributed by atoms with Crippen LogP contribution < -0.4 is 11.2 Å². The van der Waals surface area contributed by atoms with Gasteiger partial charge in [0, 0.05) is 24.8 Å². The molecule has 0 aromatic carbocycles. The summed E-state index contributed by atoms with van der Waals surface area (Å²) in [6.07, 6.45) is 0.565. The van der Waals surface area contributed by atoms with Crippen LogP contribution in [-0.2, 0) is 11.8 Å². The van der Waals surface area contributed by atoms with Crippen molar-refractivity contribution in [2.75, 3.05) is 0 Å². The molecule has 1 aliphatic rings. The average Bonchev–Trinajstić information content (AvgIpc) is 3.21. The van der Waals surface area contributed by atoms with E-state index in [9.17, 15) is 19.5 Å². The number of amides is 1. The first-order valence-corrected chi connectivity index (χ1v) is 8.27. The Bertz CT molecular complexity index is 926. The standard InChI is InChI=1S/C15H16N4O4S/c1-3-11(20)19-9(10-5-4-6-24-10)7-8(17-19)12-13(21)16-15(23)18(2)14(12)22/h4-6,9,22H,3,7H2,1-2H3,(H,16,21,23). The van der Waals surface area contributed by atoms with Crippen molar-refractivity contribution in [2.24, 2.45) is 12.1 Å². The molecule has 126 valence electrons. The number of aromatic amines is 1. The van der Waals surface area contributed by atoms with E-state index in [2.05, 4.69) is 10.1 Å². The van der Waals surface area contributed by atoms with Crippen molar-refractivity contribution in [3.05, 3.63) is 48.8 Å². The summed E-state index contributed by atoms with van der Waals surface area (Å²) >= 11 is 1.49. The van der Waals surface area contributed by atoms with Gasteiger partial charge < -0.3 is 5.11 Å². The SMILES string of the molecule is CCC(=O)N1N=C(c2c(O)n(C)c(=O)[nH]c2=O)CC1c1cccs1. The van der Waals surface area contributed by atoms with Gasteiger partial charge >= 0.3 is 5.69 Å². The molecule has 0 fully saturated rings. The number of rotatable bonds is 3. The molecule has 1 unspecified atom stereocenters. The van der Waals surface area contributed by atoms with E-state index in [-0.39, 0.29) is 29.6 Å². The van der Waals surface area contributed by atoms with Crippen LogP contribution in [-0.4, -0.2) is 31.3 Å². The second-order valence-electron chi connectivity index (χ2n) is 5.39. The Hall–Kier alpha value is -2.68. The van der Waals surface area contributed by atoms with Crippen molar-refractivity contribution in [1.82, 2.24) is 14.6 Å². The number of hydrogen-bond donors (Lipinski definition) is 2. The lowest BCUT2D eigenvalue weighted by Gasteiger charge is -2.19. The van der Waals surface area contributed by atoms with Crippen molar-refractivity contribution in [2.45, 2.75) is 25.8 Å². The topological polar surface area (TPSA) is 108 Å². The Labute approximate surface area is 140 Å². The van der Waals surface area contributed by atoms with Gasteiger partial charge in [0.15, 0.2) is 0 Å². The van der Waals surface area contributed by atoms with E-state index >= 15 is 0 Å². The molecule has 0 radical (unpaired) electrons. The van der Waals surface area contributed by atoms with Gasteiger partial charge in [-0.2, -0.15) is 5.10 Å². The Morgan fingerprint density at radius 1 is 1.50 bits per heavy atom. The molecule has 2 aromatic rings. The highest BCUT2D eigenvalue weighted by Gasteiger charge is 2.35. The lowest BCUT2D eigenvalue weighted by atomic mass is 10.0. The van der Waals surface area contributed by atoms with Crippen LogP contribution in [0.5, 0.6) is 5.88 Å². The van der Waals surface area contributed by atoms with Crippen molar-refractivity contribution in [3.8, 4) is 5.88 Å². The second kappa shape index (κ2) is 6.08. The fourth-order valence-corrected chi connectivity index (χ4v) is 3.44. The number of nitrogens with zero attached hydrogens (tertiary/aromatic N) is 3. The number of nitrogens with one attached hydrogen (secondary N) is 1. The monoisotopic (exact) mass is 348 g/mol. The highest BCUT2D eigenvalue weighted by Crippen LogP contribution is 2.35. The molecule has 8 nitrogen and oxygen atoms in total. The van der Waals surface area contributed by atoms with Crippen LogP contribution in [0.2, 0.25) is 0 Å². The van der Waals surface area contributed by atoms with E-state index < -0.39 is 17.1 Å². The van der Waals surface area contributed by atoms with Crippen LogP contribution in [0.1, 0.15) is 36.2 Å². The van der Waals surface area contributed by atoms with Crippen LogP contribution in [0, 0.1) is 0 Å². The number of aromatic hydroxyl groups is 1. The molecule has 3 heterocycles. The molecule has 1 aliphatic heterocycles. The number of aromatic nitrogens is 2. The molecule has 0 bridgehead atoms. The maximum atomic E-state index is 12.2. The number of thiophene rings is 1. The van der Waals surface area contributed by atoms with Gasteiger partial charge in [-0.25, -0.2) is 9.80 Å². The summed E-state index contributed by atoms with van der Waals surface area (Å²) in [4.78, 5) is 39.0. The van der Waals surface area contributed by atoms with E-state index in [1.807, 2.05) is 17.5 Å². The summed E-state index contributed by atoms with van der Waals surface area (Å²) in [5.41, 5.74) is -1.23. The summed E-state index contributed by atoms with van der Waals surface area (Å²) in [5, 5.41) is 17.7. The summed E-state index contributed by atoms with van der Waals surface area (Å²) in [6, 6.07) is 3.46. The molecule has 0 saturated carbocycles. The smallest absolute Gasteiger partial charge is 0.330 e. The predicted molar refractivity (Wildman–Crippen MR) is 89.3 cm³/mol. The molecular formula is C15H16N4O4S. The number of H-pyrrole nitrogens is 1. The minimum absolute atomic E-state index is 0.0786. The Morgan fingerprint density at radius 3 is 2.88 bits per heavy atom. The van der Waals surface area contributed by atoms with Gasteiger partial charge in [0.1, 0.15) is 5.56 Å². The van der Waals surface area contributed by atoms with Gasteiger partial charge in [-0.15, -0.1) is 11.3 Å². The highest BCUT2D eigenvalue weighted by molar-refractivity contribution is 7.10. The Balaban J connectivity index is 2.10. The van der Waals surface area contributed by atoms with Crippen LogP contribution in [0.15, 0.2) is 32.2 Å². The quantitative estimate of drug-likeness (QED) is 0.860. The van der Waals surface area contributed by atoms with Gasteiger partial charge in [-0.1, -0.05) is 13.0 Å². The molecule has 24 heavy (non-hydrogen) atoms. The van der Waals surface area contributed by atoms with Crippen molar-refractivity contribution in [1.29, 1.82) is 0 Å². The van der Waals surface area contributed by atoms with Gasteiger partial charge in [-0.05, 0) is 11.4 Å². The van der Waals surface area contributed by atoms with Crippen LogP contribution in [0.4, 0.5) is 0 Å². The Morgan fingerprint density at radius 2 is 2.25 bits per heavy atom. The summed E-state index contributed by atoms with van der Waals surface area (Å²) in [5.74, 6) is -0.637. The van der Waals surface area contributed by atoms with Crippen molar-refractivity contribution < 1.29 is 9.90 Å². The zero-order valence-corrected chi connectivity index (χ0v) is 14.0. The van der Waals surface area contributed by atoms with E-state index in [0.717, 1.165) is 9.44 Å². The van der Waals surface area contributed by atoms with Crippen LogP contribution in [0.3, 0.4) is 0 Å². The molecule has 1 amide bonds. The third-order valence-electron chi connectivity index (χ3n) is 3.92. The molecule has 0 saturated heterocycles.